The maximum atomic E-state index is 11.7. The Kier molecular flexibility index (Phi) is 7.09. The highest BCUT2D eigenvalue weighted by Crippen LogP contribution is 2.19. The average Bonchev–Trinajstić information content (AvgIpc) is 2.56. The number of ether oxygens (including phenoxy) is 1. The van der Waals surface area contributed by atoms with Crippen LogP contribution in [0.15, 0.2) is 47.6 Å². The van der Waals surface area contributed by atoms with Crippen LogP contribution in [0.1, 0.15) is 24.5 Å². The van der Waals surface area contributed by atoms with Gasteiger partial charge in [0.1, 0.15) is 5.75 Å². The molecular formula is C18H18Cl2N2O2. The Morgan fingerprint density at radius 2 is 1.96 bits per heavy atom. The van der Waals surface area contributed by atoms with E-state index in [1.165, 1.54) is 11.8 Å². The van der Waals surface area contributed by atoms with Crippen molar-refractivity contribution in [1.29, 1.82) is 0 Å². The van der Waals surface area contributed by atoms with Gasteiger partial charge < -0.3 is 4.74 Å². The summed E-state index contributed by atoms with van der Waals surface area (Å²) in [5.74, 6) is 0.295. The molecule has 0 aliphatic carbocycles. The highest BCUT2D eigenvalue weighted by molar-refractivity contribution is 6.36. The third kappa shape index (κ3) is 5.87. The van der Waals surface area contributed by atoms with Crippen LogP contribution >= 0.6 is 23.2 Å². The molecule has 0 aliphatic heterocycles. The summed E-state index contributed by atoms with van der Waals surface area (Å²) >= 11 is 11.8. The van der Waals surface area contributed by atoms with Crippen molar-refractivity contribution in [2.24, 2.45) is 5.10 Å². The molecule has 2 rings (SSSR count). The summed E-state index contributed by atoms with van der Waals surface area (Å²) < 4.78 is 5.41. The zero-order chi connectivity index (χ0) is 17.4. The van der Waals surface area contributed by atoms with E-state index in [4.69, 9.17) is 27.9 Å². The fraction of sp³-hybridized carbons (Fsp3) is 0.222. The Bertz CT molecular complexity index is 715. The molecule has 0 unspecified atom stereocenters. The Morgan fingerprint density at radius 1 is 1.21 bits per heavy atom. The standard InChI is InChI=1S/C18H18Cl2N2O2/c1-2-3-13-4-8-16(9-5-13)24-12-18(23)22-21-11-14-6-7-15(19)10-17(14)20/h4-11H,2-3,12H2,1H3,(H,22,23). The summed E-state index contributed by atoms with van der Waals surface area (Å²) in [5.41, 5.74) is 4.30. The normalized spacial score (nSPS) is 10.8. The fourth-order valence-corrected chi connectivity index (χ4v) is 2.46. The van der Waals surface area contributed by atoms with Crippen molar-refractivity contribution >= 4 is 35.3 Å². The van der Waals surface area contributed by atoms with Crippen molar-refractivity contribution in [3.8, 4) is 5.75 Å². The van der Waals surface area contributed by atoms with Crippen LogP contribution in [0.3, 0.4) is 0 Å². The summed E-state index contributed by atoms with van der Waals surface area (Å²) in [6.07, 6.45) is 3.58. The molecule has 1 N–H and O–H groups in total. The van der Waals surface area contributed by atoms with Crippen molar-refractivity contribution < 1.29 is 9.53 Å². The van der Waals surface area contributed by atoms with E-state index in [2.05, 4.69) is 17.5 Å². The van der Waals surface area contributed by atoms with Gasteiger partial charge in [-0.3, -0.25) is 4.79 Å². The van der Waals surface area contributed by atoms with Crippen molar-refractivity contribution in [1.82, 2.24) is 5.43 Å². The monoisotopic (exact) mass is 364 g/mol. The van der Waals surface area contributed by atoms with E-state index >= 15 is 0 Å². The molecule has 6 heteroatoms. The number of nitrogens with zero attached hydrogens (tertiary/aromatic N) is 1. The van der Waals surface area contributed by atoms with Gasteiger partial charge in [-0.15, -0.1) is 0 Å². The number of amides is 1. The summed E-state index contributed by atoms with van der Waals surface area (Å²) in [7, 11) is 0. The highest BCUT2D eigenvalue weighted by atomic mass is 35.5. The number of rotatable bonds is 7. The topological polar surface area (TPSA) is 50.7 Å². The molecule has 126 valence electrons. The Labute approximate surface area is 151 Å². The van der Waals surface area contributed by atoms with E-state index in [9.17, 15) is 4.79 Å². The molecular weight excluding hydrogens is 347 g/mol. The van der Waals surface area contributed by atoms with E-state index in [0.717, 1.165) is 12.8 Å². The molecule has 0 heterocycles. The van der Waals surface area contributed by atoms with Gasteiger partial charge in [0.05, 0.1) is 11.2 Å². The van der Waals surface area contributed by atoms with E-state index in [1.54, 1.807) is 18.2 Å². The average molecular weight is 365 g/mol. The third-order valence-electron chi connectivity index (χ3n) is 3.19. The molecule has 0 atom stereocenters. The lowest BCUT2D eigenvalue weighted by Gasteiger charge is -2.06. The molecule has 0 saturated carbocycles. The zero-order valence-corrected chi connectivity index (χ0v) is 14.8. The first-order valence-corrected chi connectivity index (χ1v) is 8.32. The lowest BCUT2D eigenvalue weighted by atomic mass is 10.1. The van der Waals surface area contributed by atoms with E-state index in [-0.39, 0.29) is 12.5 Å². The van der Waals surface area contributed by atoms with Gasteiger partial charge in [0.15, 0.2) is 6.61 Å². The molecule has 0 aliphatic rings. The molecule has 4 nitrogen and oxygen atoms in total. The van der Waals surface area contributed by atoms with Gasteiger partial charge in [-0.2, -0.15) is 5.10 Å². The van der Waals surface area contributed by atoms with E-state index in [0.29, 0.717) is 21.4 Å². The van der Waals surface area contributed by atoms with Crippen molar-refractivity contribution in [3.05, 3.63) is 63.6 Å². The number of halogens is 2. The molecule has 2 aromatic carbocycles. The number of carbonyl (C=O) groups excluding carboxylic acids is 1. The number of hydrogen-bond donors (Lipinski definition) is 1. The highest BCUT2D eigenvalue weighted by Gasteiger charge is 2.02. The predicted octanol–water partition coefficient (Wildman–Crippen LogP) is 4.48. The zero-order valence-electron chi connectivity index (χ0n) is 13.3. The summed E-state index contributed by atoms with van der Waals surface area (Å²) in [4.78, 5) is 11.7. The Balaban J connectivity index is 1.79. The van der Waals surface area contributed by atoms with Crippen LogP contribution in [0.4, 0.5) is 0 Å². The maximum Gasteiger partial charge on any atom is 0.277 e. The van der Waals surface area contributed by atoms with Crippen LogP contribution in [-0.4, -0.2) is 18.7 Å². The van der Waals surface area contributed by atoms with Gasteiger partial charge in [0.25, 0.3) is 5.91 Å². The largest absolute Gasteiger partial charge is 0.484 e. The van der Waals surface area contributed by atoms with Crippen LogP contribution in [-0.2, 0) is 11.2 Å². The van der Waals surface area contributed by atoms with Gasteiger partial charge in [-0.25, -0.2) is 5.43 Å². The number of nitrogens with one attached hydrogen (secondary N) is 1. The number of aryl methyl sites for hydroxylation is 1. The summed E-state index contributed by atoms with van der Waals surface area (Å²) in [6.45, 7) is 2.02. The Morgan fingerprint density at radius 3 is 2.62 bits per heavy atom. The first-order valence-electron chi connectivity index (χ1n) is 7.57. The smallest absolute Gasteiger partial charge is 0.277 e. The van der Waals surface area contributed by atoms with Crippen LogP contribution in [0.5, 0.6) is 5.75 Å². The minimum absolute atomic E-state index is 0.112. The fourth-order valence-electron chi connectivity index (χ4n) is 2.00. The second-order valence-corrected chi connectivity index (χ2v) is 5.99. The quantitative estimate of drug-likeness (QED) is 0.581. The first-order chi connectivity index (χ1) is 11.6. The Hall–Kier alpha value is -2.04. The second-order valence-electron chi connectivity index (χ2n) is 5.14. The lowest BCUT2D eigenvalue weighted by Crippen LogP contribution is -2.24. The molecule has 1 amide bonds. The van der Waals surface area contributed by atoms with Gasteiger partial charge in [-0.05, 0) is 36.2 Å². The van der Waals surface area contributed by atoms with Gasteiger partial charge in [0.2, 0.25) is 0 Å². The number of hydrazone groups is 1. The van der Waals surface area contributed by atoms with Gasteiger partial charge in [-0.1, -0.05) is 54.7 Å². The van der Waals surface area contributed by atoms with Crippen LogP contribution < -0.4 is 10.2 Å². The second kappa shape index (κ2) is 9.30. The molecule has 0 bridgehead atoms. The molecule has 0 spiro atoms. The van der Waals surface area contributed by atoms with Crippen molar-refractivity contribution in [3.63, 3.8) is 0 Å². The van der Waals surface area contributed by atoms with Crippen molar-refractivity contribution in [2.45, 2.75) is 19.8 Å². The molecule has 0 fully saturated rings. The van der Waals surface area contributed by atoms with E-state index < -0.39 is 0 Å². The summed E-state index contributed by atoms with van der Waals surface area (Å²) in [6, 6.07) is 12.7. The van der Waals surface area contributed by atoms with Crippen LogP contribution in [0.25, 0.3) is 0 Å². The minimum atomic E-state index is -0.353. The first kappa shape index (κ1) is 18.3. The molecule has 0 aromatic heterocycles. The number of hydrogen-bond acceptors (Lipinski definition) is 3. The number of carbonyl (C=O) groups is 1. The van der Waals surface area contributed by atoms with Crippen LogP contribution in [0, 0.1) is 0 Å². The third-order valence-corrected chi connectivity index (χ3v) is 3.75. The van der Waals surface area contributed by atoms with Gasteiger partial charge in [0, 0.05) is 10.6 Å². The minimum Gasteiger partial charge on any atom is -0.484 e. The summed E-state index contributed by atoms with van der Waals surface area (Å²) in [5, 5.41) is 4.85. The van der Waals surface area contributed by atoms with E-state index in [1.807, 2.05) is 24.3 Å². The SMILES string of the molecule is CCCc1ccc(OCC(=O)NN=Cc2ccc(Cl)cc2Cl)cc1. The maximum absolute atomic E-state index is 11.7. The molecule has 0 saturated heterocycles. The lowest BCUT2D eigenvalue weighted by molar-refractivity contribution is -0.123. The molecule has 2 aromatic rings. The van der Waals surface area contributed by atoms with Crippen LogP contribution in [0.2, 0.25) is 10.0 Å². The number of benzene rings is 2. The van der Waals surface area contributed by atoms with Crippen molar-refractivity contribution in [2.75, 3.05) is 6.61 Å². The van der Waals surface area contributed by atoms with Gasteiger partial charge >= 0.3 is 0 Å². The predicted molar refractivity (Wildman–Crippen MR) is 98.1 cm³/mol. The molecule has 0 radical (unpaired) electrons. The molecule has 24 heavy (non-hydrogen) atoms.